The average molecular weight is 222 g/mol. The van der Waals surface area contributed by atoms with Crippen LogP contribution < -0.4 is 4.74 Å². The van der Waals surface area contributed by atoms with Crippen LogP contribution in [-0.2, 0) is 9.53 Å². The molecule has 0 aliphatic carbocycles. The van der Waals surface area contributed by atoms with Crippen molar-refractivity contribution in [3.8, 4) is 5.75 Å². The third kappa shape index (κ3) is 4.82. The smallest absolute Gasteiger partial charge is 0.305 e. The van der Waals surface area contributed by atoms with Gasteiger partial charge in [0.15, 0.2) is 0 Å². The Morgan fingerprint density at radius 2 is 2.00 bits per heavy atom. The summed E-state index contributed by atoms with van der Waals surface area (Å²) in [5, 5.41) is 0. The average Bonchev–Trinajstić information content (AvgIpc) is 2.30. The molecule has 1 unspecified atom stereocenters. The molecule has 3 heteroatoms. The van der Waals surface area contributed by atoms with Gasteiger partial charge in [0.25, 0.3) is 0 Å². The van der Waals surface area contributed by atoms with Gasteiger partial charge >= 0.3 is 5.97 Å². The molecule has 0 amide bonds. The summed E-state index contributed by atoms with van der Waals surface area (Å²) in [6, 6.07) is 9.67. The summed E-state index contributed by atoms with van der Waals surface area (Å²) >= 11 is 0. The number of para-hydroxylation sites is 1. The molecule has 0 saturated heterocycles. The molecule has 3 nitrogen and oxygen atoms in total. The van der Waals surface area contributed by atoms with Crippen LogP contribution in [0.5, 0.6) is 5.75 Å². The second-order valence-corrected chi connectivity index (χ2v) is 3.84. The van der Waals surface area contributed by atoms with E-state index >= 15 is 0 Å². The number of hydrogen-bond acceptors (Lipinski definition) is 3. The first-order chi connectivity index (χ1) is 7.72. The summed E-state index contributed by atoms with van der Waals surface area (Å²) in [5.74, 6) is 0.996. The molecule has 0 aliphatic heterocycles. The third-order valence-corrected chi connectivity index (χ3v) is 2.37. The van der Waals surface area contributed by atoms with Crippen LogP contribution in [-0.4, -0.2) is 19.7 Å². The molecule has 16 heavy (non-hydrogen) atoms. The van der Waals surface area contributed by atoms with Crippen LogP contribution in [0, 0.1) is 5.92 Å². The maximum atomic E-state index is 11.0. The van der Waals surface area contributed by atoms with Gasteiger partial charge in [0.2, 0.25) is 0 Å². The van der Waals surface area contributed by atoms with Crippen molar-refractivity contribution in [1.82, 2.24) is 0 Å². The number of hydrogen-bond donors (Lipinski definition) is 0. The normalized spacial score (nSPS) is 11.9. The van der Waals surface area contributed by atoms with Crippen molar-refractivity contribution in [2.45, 2.75) is 19.8 Å². The molecule has 1 rings (SSSR count). The Morgan fingerprint density at radius 3 is 2.62 bits per heavy atom. The van der Waals surface area contributed by atoms with Crippen LogP contribution in [0.2, 0.25) is 0 Å². The maximum absolute atomic E-state index is 11.0. The van der Waals surface area contributed by atoms with Crippen molar-refractivity contribution in [2.24, 2.45) is 5.92 Å². The Labute approximate surface area is 96.4 Å². The molecule has 0 heterocycles. The standard InChI is InChI=1S/C13H18O3/c1-11(10-13(14)15-2)8-9-16-12-6-4-3-5-7-12/h3-7,11H,8-10H2,1-2H3. The Morgan fingerprint density at radius 1 is 1.31 bits per heavy atom. The predicted octanol–water partition coefficient (Wildman–Crippen LogP) is 2.65. The Bertz CT molecular complexity index is 308. The Kier molecular flexibility index (Phi) is 5.40. The van der Waals surface area contributed by atoms with Crippen LogP contribution in [0.25, 0.3) is 0 Å². The Balaban J connectivity index is 2.18. The molecule has 0 N–H and O–H groups in total. The number of ether oxygens (including phenoxy) is 2. The van der Waals surface area contributed by atoms with Gasteiger partial charge in [-0.05, 0) is 24.5 Å². The van der Waals surface area contributed by atoms with Gasteiger partial charge in [0.1, 0.15) is 5.75 Å². The van der Waals surface area contributed by atoms with E-state index in [0.29, 0.717) is 13.0 Å². The molecular formula is C13H18O3. The maximum Gasteiger partial charge on any atom is 0.305 e. The van der Waals surface area contributed by atoms with Gasteiger partial charge in [-0.2, -0.15) is 0 Å². The van der Waals surface area contributed by atoms with E-state index in [4.69, 9.17) is 4.74 Å². The number of benzene rings is 1. The highest BCUT2D eigenvalue weighted by Gasteiger charge is 2.08. The van der Waals surface area contributed by atoms with Crippen molar-refractivity contribution in [3.63, 3.8) is 0 Å². The highest BCUT2D eigenvalue weighted by atomic mass is 16.5. The molecule has 0 aromatic heterocycles. The third-order valence-electron chi connectivity index (χ3n) is 2.37. The largest absolute Gasteiger partial charge is 0.494 e. The van der Waals surface area contributed by atoms with E-state index in [1.165, 1.54) is 7.11 Å². The van der Waals surface area contributed by atoms with Crippen molar-refractivity contribution in [1.29, 1.82) is 0 Å². The number of carbonyl (C=O) groups excluding carboxylic acids is 1. The van der Waals surface area contributed by atoms with Gasteiger partial charge in [-0.25, -0.2) is 0 Å². The molecule has 1 aromatic carbocycles. The number of esters is 1. The molecule has 0 bridgehead atoms. The molecule has 88 valence electrons. The zero-order valence-corrected chi connectivity index (χ0v) is 9.81. The number of carbonyl (C=O) groups is 1. The minimum Gasteiger partial charge on any atom is -0.494 e. The first-order valence-corrected chi connectivity index (χ1v) is 5.47. The van der Waals surface area contributed by atoms with Crippen LogP contribution >= 0.6 is 0 Å². The van der Waals surface area contributed by atoms with Gasteiger partial charge in [0, 0.05) is 6.42 Å². The molecule has 0 radical (unpaired) electrons. The van der Waals surface area contributed by atoms with Crippen LogP contribution in [0.3, 0.4) is 0 Å². The molecule has 0 saturated carbocycles. The lowest BCUT2D eigenvalue weighted by Gasteiger charge is -2.10. The lowest BCUT2D eigenvalue weighted by molar-refractivity contribution is -0.141. The quantitative estimate of drug-likeness (QED) is 0.694. The molecule has 1 atom stereocenters. The van der Waals surface area contributed by atoms with Gasteiger partial charge < -0.3 is 9.47 Å². The minimum atomic E-state index is -0.160. The fourth-order valence-electron chi connectivity index (χ4n) is 1.36. The van der Waals surface area contributed by atoms with Gasteiger partial charge in [-0.15, -0.1) is 0 Å². The molecule has 0 spiro atoms. The zero-order chi connectivity index (χ0) is 11.8. The molecule has 0 aliphatic rings. The van der Waals surface area contributed by atoms with E-state index in [9.17, 15) is 4.79 Å². The van der Waals surface area contributed by atoms with Crippen LogP contribution in [0.15, 0.2) is 30.3 Å². The van der Waals surface area contributed by atoms with Crippen LogP contribution in [0.1, 0.15) is 19.8 Å². The van der Waals surface area contributed by atoms with E-state index in [0.717, 1.165) is 12.2 Å². The van der Waals surface area contributed by atoms with Gasteiger partial charge in [-0.1, -0.05) is 25.1 Å². The van der Waals surface area contributed by atoms with Crippen molar-refractivity contribution in [3.05, 3.63) is 30.3 Å². The number of methoxy groups -OCH3 is 1. The summed E-state index contributed by atoms with van der Waals surface area (Å²) in [6.07, 6.45) is 1.30. The fraction of sp³-hybridized carbons (Fsp3) is 0.462. The Hall–Kier alpha value is -1.51. The second kappa shape index (κ2) is 6.88. The molecular weight excluding hydrogens is 204 g/mol. The lowest BCUT2D eigenvalue weighted by atomic mass is 10.1. The fourth-order valence-corrected chi connectivity index (χ4v) is 1.36. The van der Waals surface area contributed by atoms with Crippen molar-refractivity contribution < 1.29 is 14.3 Å². The van der Waals surface area contributed by atoms with Gasteiger partial charge in [0.05, 0.1) is 13.7 Å². The molecule has 1 aromatic rings. The summed E-state index contributed by atoms with van der Waals surface area (Å²) < 4.78 is 10.1. The van der Waals surface area contributed by atoms with E-state index in [1.54, 1.807) is 0 Å². The lowest BCUT2D eigenvalue weighted by Crippen LogP contribution is -2.10. The van der Waals surface area contributed by atoms with Crippen LogP contribution in [0.4, 0.5) is 0 Å². The summed E-state index contributed by atoms with van der Waals surface area (Å²) in [7, 11) is 1.41. The van der Waals surface area contributed by atoms with E-state index in [-0.39, 0.29) is 11.9 Å². The molecule has 0 fully saturated rings. The summed E-state index contributed by atoms with van der Waals surface area (Å²) in [5.41, 5.74) is 0. The minimum absolute atomic E-state index is 0.160. The summed E-state index contributed by atoms with van der Waals surface area (Å²) in [6.45, 7) is 2.65. The zero-order valence-electron chi connectivity index (χ0n) is 9.81. The topological polar surface area (TPSA) is 35.5 Å². The first-order valence-electron chi connectivity index (χ1n) is 5.47. The van der Waals surface area contributed by atoms with Gasteiger partial charge in [-0.3, -0.25) is 4.79 Å². The highest BCUT2D eigenvalue weighted by molar-refractivity contribution is 5.69. The van der Waals surface area contributed by atoms with E-state index < -0.39 is 0 Å². The highest BCUT2D eigenvalue weighted by Crippen LogP contribution is 2.12. The first kappa shape index (κ1) is 12.6. The van der Waals surface area contributed by atoms with Crippen molar-refractivity contribution >= 4 is 5.97 Å². The monoisotopic (exact) mass is 222 g/mol. The summed E-state index contributed by atoms with van der Waals surface area (Å²) in [4.78, 5) is 11.0. The SMILES string of the molecule is COC(=O)CC(C)CCOc1ccccc1. The second-order valence-electron chi connectivity index (χ2n) is 3.84. The van der Waals surface area contributed by atoms with E-state index in [1.807, 2.05) is 37.3 Å². The number of rotatable bonds is 6. The predicted molar refractivity (Wildman–Crippen MR) is 62.4 cm³/mol. The van der Waals surface area contributed by atoms with E-state index in [2.05, 4.69) is 4.74 Å². The van der Waals surface area contributed by atoms with Crippen molar-refractivity contribution in [2.75, 3.05) is 13.7 Å².